The standard InChI is InChI=1S/C12H11N3O3S/c1-6-10(19-7(2)14-6)11(16)15-9-3-8(12(17)18)4-13-5-9/h3-5H,1-2H3,(H,15,16)(H,17,18). The molecule has 19 heavy (non-hydrogen) atoms. The first kappa shape index (κ1) is 13.2. The van der Waals surface area contributed by atoms with Crippen molar-refractivity contribution in [1.82, 2.24) is 9.97 Å². The number of amides is 1. The number of thiazole rings is 1. The summed E-state index contributed by atoms with van der Waals surface area (Å²) in [6, 6.07) is 1.36. The Labute approximate surface area is 113 Å². The summed E-state index contributed by atoms with van der Waals surface area (Å²) in [5, 5.41) is 12.3. The summed E-state index contributed by atoms with van der Waals surface area (Å²) >= 11 is 1.29. The Morgan fingerprint density at radius 1 is 1.32 bits per heavy atom. The first-order valence-electron chi connectivity index (χ1n) is 5.41. The van der Waals surface area contributed by atoms with Crippen LogP contribution >= 0.6 is 11.3 Å². The predicted molar refractivity (Wildman–Crippen MR) is 70.7 cm³/mol. The summed E-state index contributed by atoms with van der Waals surface area (Å²) in [5.41, 5.74) is 1.02. The first-order valence-corrected chi connectivity index (χ1v) is 6.22. The molecule has 0 aliphatic carbocycles. The quantitative estimate of drug-likeness (QED) is 0.896. The van der Waals surface area contributed by atoms with Gasteiger partial charge in [-0.3, -0.25) is 9.78 Å². The van der Waals surface area contributed by atoms with Crippen LogP contribution < -0.4 is 5.32 Å². The van der Waals surface area contributed by atoms with E-state index in [2.05, 4.69) is 15.3 Å². The third kappa shape index (κ3) is 2.94. The molecule has 2 heterocycles. The molecule has 2 aromatic heterocycles. The van der Waals surface area contributed by atoms with Crippen molar-refractivity contribution in [3.8, 4) is 0 Å². The van der Waals surface area contributed by atoms with Crippen LogP contribution in [0.4, 0.5) is 5.69 Å². The second kappa shape index (κ2) is 5.15. The van der Waals surface area contributed by atoms with Crippen LogP contribution in [0.25, 0.3) is 0 Å². The Balaban J connectivity index is 2.21. The van der Waals surface area contributed by atoms with E-state index in [4.69, 9.17) is 5.11 Å². The Hall–Kier alpha value is -2.28. The number of pyridine rings is 1. The SMILES string of the molecule is Cc1nc(C)c(C(=O)Nc2cncc(C(=O)O)c2)s1. The number of aryl methyl sites for hydroxylation is 2. The van der Waals surface area contributed by atoms with Crippen molar-refractivity contribution in [3.05, 3.63) is 39.6 Å². The van der Waals surface area contributed by atoms with Gasteiger partial charge in [-0.05, 0) is 19.9 Å². The number of anilines is 1. The lowest BCUT2D eigenvalue weighted by atomic mass is 10.2. The lowest BCUT2D eigenvalue weighted by Gasteiger charge is -2.04. The number of aromatic carboxylic acids is 1. The molecular weight excluding hydrogens is 266 g/mol. The zero-order valence-electron chi connectivity index (χ0n) is 10.3. The summed E-state index contributed by atoms with van der Waals surface area (Å²) in [6.45, 7) is 3.57. The monoisotopic (exact) mass is 277 g/mol. The average molecular weight is 277 g/mol. The number of carbonyl (C=O) groups excluding carboxylic acids is 1. The fourth-order valence-electron chi connectivity index (χ4n) is 1.56. The lowest BCUT2D eigenvalue weighted by molar-refractivity contribution is 0.0696. The molecule has 7 heteroatoms. The topological polar surface area (TPSA) is 92.2 Å². The molecule has 0 spiro atoms. The van der Waals surface area contributed by atoms with E-state index in [0.717, 1.165) is 5.01 Å². The molecule has 0 saturated carbocycles. The van der Waals surface area contributed by atoms with Gasteiger partial charge in [0.2, 0.25) is 0 Å². The van der Waals surface area contributed by atoms with Gasteiger partial charge in [-0.2, -0.15) is 0 Å². The third-order valence-electron chi connectivity index (χ3n) is 2.35. The highest BCUT2D eigenvalue weighted by molar-refractivity contribution is 7.13. The maximum atomic E-state index is 12.0. The van der Waals surface area contributed by atoms with Crippen molar-refractivity contribution in [1.29, 1.82) is 0 Å². The van der Waals surface area contributed by atoms with Gasteiger partial charge in [0.15, 0.2) is 0 Å². The molecule has 0 aromatic carbocycles. The molecule has 2 N–H and O–H groups in total. The van der Waals surface area contributed by atoms with Gasteiger partial charge in [0.05, 0.1) is 28.1 Å². The van der Waals surface area contributed by atoms with Gasteiger partial charge in [-0.25, -0.2) is 9.78 Å². The third-order valence-corrected chi connectivity index (χ3v) is 3.42. The van der Waals surface area contributed by atoms with Crippen LogP contribution in [-0.2, 0) is 0 Å². The van der Waals surface area contributed by atoms with Crippen molar-refractivity contribution in [3.63, 3.8) is 0 Å². The van der Waals surface area contributed by atoms with E-state index in [1.165, 1.54) is 29.8 Å². The van der Waals surface area contributed by atoms with E-state index in [0.29, 0.717) is 16.3 Å². The van der Waals surface area contributed by atoms with Crippen LogP contribution in [0.1, 0.15) is 30.7 Å². The van der Waals surface area contributed by atoms with E-state index in [-0.39, 0.29) is 11.5 Å². The lowest BCUT2D eigenvalue weighted by Crippen LogP contribution is -2.12. The number of hydrogen-bond donors (Lipinski definition) is 2. The largest absolute Gasteiger partial charge is 0.478 e. The fourth-order valence-corrected chi connectivity index (χ4v) is 2.37. The molecule has 0 fully saturated rings. The average Bonchev–Trinajstić information content (AvgIpc) is 2.69. The fraction of sp³-hybridized carbons (Fsp3) is 0.167. The minimum Gasteiger partial charge on any atom is -0.478 e. The maximum Gasteiger partial charge on any atom is 0.337 e. The number of rotatable bonds is 3. The van der Waals surface area contributed by atoms with Gasteiger partial charge in [-0.1, -0.05) is 0 Å². The summed E-state index contributed by atoms with van der Waals surface area (Å²) in [6.07, 6.45) is 2.62. The summed E-state index contributed by atoms with van der Waals surface area (Å²) in [7, 11) is 0. The van der Waals surface area contributed by atoms with Crippen LogP contribution in [0.2, 0.25) is 0 Å². The van der Waals surface area contributed by atoms with Crippen molar-refractivity contribution in [2.45, 2.75) is 13.8 Å². The Morgan fingerprint density at radius 2 is 2.05 bits per heavy atom. The van der Waals surface area contributed by atoms with Gasteiger partial charge in [0, 0.05) is 6.20 Å². The molecule has 0 radical (unpaired) electrons. The Morgan fingerprint density at radius 3 is 2.63 bits per heavy atom. The minimum atomic E-state index is -1.09. The molecule has 2 rings (SSSR count). The van der Waals surface area contributed by atoms with Crippen molar-refractivity contribution < 1.29 is 14.7 Å². The normalized spacial score (nSPS) is 10.2. The molecule has 0 aliphatic rings. The summed E-state index contributed by atoms with van der Waals surface area (Å²) in [5.74, 6) is -1.40. The number of aromatic nitrogens is 2. The highest BCUT2D eigenvalue weighted by Crippen LogP contribution is 2.19. The molecule has 6 nitrogen and oxygen atoms in total. The van der Waals surface area contributed by atoms with E-state index >= 15 is 0 Å². The van der Waals surface area contributed by atoms with E-state index < -0.39 is 5.97 Å². The van der Waals surface area contributed by atoms with Crippen molar-refractivity contribution in [2.75, 3.05) is 5.32 Å². The molecule has 0 saturated heterocycles. The van der Waals surface area contributed by atoms with Crippen molar-refractivity contribution >= 4 is 28.9 Å². The molecule has 0 bridgehead atoms. The second-order valence-electron chi connectivity index (χ2n) is 3.87. The predicted octanol–water partition coefficient (Wildman–Crippen LogP) is 2.11. The zero-order valence-corrected chi connectivity index (χ0v) is 11.1. The molecule has 1 amide bonds. The number of hydrogen-bond acceptors (Lipinski definition) is 5. The molecule has 98 valence electrons. The zero-order chi connectivity index (χ0) is 14.0. The second-order valence-corrected chi connectivity index (χ2v) is 5.07. The minimum absolute atomic E-state index is 0.0232. The molecule has 0 unspecified atom stereocenters. The number of carbonyl (C=O) groups is 2. The van der Waals surface area contributed by atoms with Crippen LogP contribution in [0.5, 0.6) is 0 Å². The van der Waals surface area contributed by atoms with Gasteiger partial charge < -0.3 is 10.4 Å². The highest BCUT2D eigenvalue weighted by atomic mass is 32.1. The Bertz CT molecular complexity index is 651. The molecule has 0 aliphatic heterocycles. The van der Waals surface area contributed by atoms with E-state index in [1.807, 2.05) is 6.92 Å². The van der Waals surface area contributed by atoms with Crippen LogP contribution in [0, 0.1) is 13.8 Å². The molecular formula is C12H11N3O3S. The van der Waals surface area contributed by atoms with Gasteiger partial charge in [-0.15, -0.1) is 11.3 Å². The van der Waals surface area contributed by atoms with Crippen molar-refractivity contribution in [2.24, 2.45) is 0 Å². The number of carboxylic acid groups (broad SMARTS) is 1. The Kier molecular flexibility index (Phi) is 3.57. The van der Waals surface area contributed by atoms with Crippen LogP contribution in [0.3, 0.4) is 0 Å². The summed E-state index contributed by atoms with van der Waals surface area (Å²) in [4.78, 5) is 31.3. The van der Waals surface area contributed by atoms with Gasteiger partial charge in [0.1, 0.15) is 4.88 Å². The highest BCUT2D eigenvalue weighted by Gasteiger charge is 2.14. The van der Waals surface area contributed by atoms with E-state index in [9.17, 15) is 9.59 Å². The van der Waals surface area contributed by atoms with Crippen LogP contribution in [-0.4, -0.2) is 27.0 Å². The number of nitrogens with one attached hydrogen (secondary N) is 1. The molecule has 0 atom stereocenters. The maximum absolute atomic E-state index is 12.0. The molecule has 2 aromatic rings. The smallest absolute Gasteiger partial charge is 0.337 e. The summed E-state index contributed by atoms with van der Waals surface area (Å²) < 4.78 is 0. The first-order chi connectivity index (χ1) is 8.97. The van der Waals surface area contributed by atoms with E-state index in [1.54, 1.807) is 6.92 Å². The van der Waals surface area contributed by atoms with Gasteiger partial charge >= 0.3 is 5.97 Å². The van der Waals surface area contributed by atoms with Gasteiger partial charge in [0.25, 0.3) is 5.91 Å². The van der Waals surface area contributed by atoms with Crippen LogP contribution in [0.15, 0.2) is 18.5 Å². The number of carboxylic acids is 1. The number of nitrogens with zero attached hydrogens (tertiary/aromatic N) is 2.